The zero-order chi connectivity index (χ0) is 22.6. The van der Waals surface area contributed by atoms with Crippen LogP contribution in [0.15, 0.2) is 23.1 Å². The lowest BCUT2D eigenvalue weighted by Crippen LogP contribution is -2.38. The molecule has 0 atom stereocenters. The second-order valence-electron chi connectivity index (χ2n) is 9.36. The summed E-state index contributed by atoms with van der Waals surface area (Å²) in [4.78, 5) is 14.9. The molecule has 6 heteroatoms. The minimum Gasteiger partial charge on any atom is -0.311 e. The fraction of sp³-hybridized carbons (Fsp3) is 0.458. The number of benzene rings is 2. The molecule has 0 aliphatic carbocycles. The van der Waals surface area contributed by atoms with Gasteiger partial charge in [0.1, 0.15) is 0 Å². The molecule has 2 aromatic carbocycles. The van der Waals surface area contributed by atoms with E-state index in [4.69, 9.17) is 0 Å². The maximum Gasteiger partial charge on any atom is 0.262 e. The molecule has 1 amide bonds. The summed E-state index contributed by atoms with van der Waals surface area (Å²) in [6.07, 6.45) is 0.777. The van der Waals surface area contributed by atoms with Crippen LogP contribution in [0.25, 0.3) is 0 Å². The normalized spacial score (nSPS) is 14.1. The van der Waals surface area contributed by atoms with Crippen molar-refractivity contribution in [3.8, 4) is 0 Å². The van der Waals surface area contributed by atoms with Gasteiger partial charge in [0.2, 0.25) is 5.91 Å². The Morgan fingerprint density at radius 1 is 0.933 bits per heavy atom. The maximum atomic E-state index is 13.3. The van der Waals surface area contributed by atoms with E-state index in [1.165, 1.54) is 0 Å². The molecule has 1 heterocycles. The van der Waals surface area contributed by atoms with Crippen molar-refractivity contribution in [1.29, 1.82) is 0 Å². The minimum absolute atomic E-state index is 0.0396. The second kappa shape index (κ2) is 7.41. The number of anilines is 2. The van der Waals surface area contributed by atoms with E-state index in [9.17, 15) is 13.2 Å². The van der Waals surface area contributed by atoms with Crippen molar-refractivity contribution in [1.82, 2.24) is 0 Å². The molecule has 0 saturated carbocycles. The van der Waals surface area contributed by atoms with E-state index < -0.39 is 15.4 Å². The highest BCUT2D eigenvalue weighted by Gasteiger charge is 2.33. The highest BCUT2D eigenvalue weighted by atomic mass is 32.2. The van der Waals surface area contributed by atoms with E-state index >= 15 is 0 Å². The van der Waals surface area contributed by atoms with Crippen LogP contribution in [0, 0.1) is 40.0 Å². The van der Waals surface area contributed by atoms with Crippen molar-refractivity contribution in [3.63, 3.8) is 0 Å². The Hall–Kier alpha value is -2.34. The van der Waals surface area contributed by atoms with Crippen molar-refractivity contribution in [3.05, 3.63) is 51.6 Å². The van der Waals surface area contributed by atoms with Gasteiger partial charge in [0.05, 0.1) is 10.6 Å². The van der Waals surface area contributed by atoms with Crippen molar-refractivity contribution in [2.45, 2.75) is 66.7 Å². The molecule has 0 aromatic heterocycles. The van der Waals surface area contributed by atoms with Gasteiger partial charge < -0.3 is 4.90 Å². The summed E-state index contributed by atoms with van der Waals surface area (Å²) >= 11 is 0. The van der Waals surface area contributed by atoms with Crippen LogP contribution in [0.5, 0.6) is 0 Å². The van der Waals surface area contributed by atoms with Crippen LogP contribution >= 0.6 is 0 Å². The molecule has 0 radical (unpaired) electrons. The Kier molecular flexibility index (Phi) is 5.52. The number of sulfonamides is 1. The maximum absolute atomic E-state index is 13.3. The first-order valence-electron chi connectivity index (χ1n) is 10.3. The summed E-state index contributed by atoms with van der Waals surface area (Å²) in [5.74, 6) is 0.0396. The number of amides is 1. The van der Waals surface area contributed by atoms with Gasteiger partial charge in [-0.2, -0.15) is 0 Å². The highest BCUT2D eigenvalue weighted by Crippen LogP contribution is 2.36. The molecule has 1 N–H and O–H groups in total. The minimum atomic E-state index is -3.77. The number of carbonyl (C=O) groups is 1. The van der Waals surface area contributed by atoms with E-state index in [2.05, 4.69) is 4.72 Å². The fourth-order valence-electron chi connectivity index (χ4n) is 4.13. The Labute approximate surface area is 180 Å². The van der Waals surface area contributed by atoms with E-state index in [-0.39, 0.29) is 5.91 Å². The Bertz CT molecular complexity index is 1110. The van der Waals surface area contributed by atoms with Gasteiger partial charge in [-0.05, 0) is 86.6 Å². The third-order valence-electron chi connectivity index (χ3n) is 6.32. The zero-order valence-electron chi connectivity index (χ0n) is 19.2. The number of fused-ring (bicyclic) bond motifs is 1. The van der Waals surface area contributed by atoms with E-state index in [1.807, 2.05) is 61.5 Å². The number of carbonyl (C=O) groups excluding carboxylic acids is 1. The molecule has 0 bridgehead atoms. The topological polar surface area (TPSA) is 66.5 Å². The van der Waals surface area contributed by atoms with E-state index in [1.54, 1.807) is 17.0 Å². The van der Waals surface area contributed by atoms with Crippen LogP contribution in [0.2, 0.25) is 0 Å². The van der Waals surface area contributed by atoms with Gasteiger partial charge in [-0.25, -0.2) is 8.42 Å². The average molecular weight is 429 g/mol. The van der Waals surface area contributed by atoms with Crippen LogP contribution < -0.4 is 9.62 Å². The predicted molar refractivity (Wildman–Crippen MR) is 123 cm³/mol. The van der Waals surface area contributed by atoms with Gasteiger partial charge in [0.15, 0.2) is 0 Å². The number of hydrogen-bond acceptors (Lipinski definition) is 3. The molecule has 1 aliphatic heterocycles. The number of rotatable bonds is 3. The summed E-state index contributed by atoms with van der Waals surface area (Å²) in [7, 11) is -3.77. The van der Waals surface area contributed by atoms with Gasteiger partial charge >= 0.3 is 0 Å². The molecule has 30 heavy (non-hydrogen) atoms. The molecule has 3 rings (SSSR count). The molecular formula is C24H32N2O3S. The molecule has 5 nitrogen and oxygen atoms in total. The third-order valence-corrected chi connectivity index (χ3v) is 7.97. The molecule has 0 saturated heterocycles. The van der Waals surface area contributed by atoms with Crippen LogP contribution in [0.1, 0.15) is 54.2 Å². The largest absolute Gasteiger partial charge is 0.311 e. The lowest BCUT2D eigenvalue weighted by molar-refractivity contribution is -0.125. The SMILES string of the molecule is Cc1c(C)c(C)c(S(=O)(=O)Nc2ccc3c(c2)N(C(=O)C(C)(C)C)CC3)c(C)c1C. The standard InChI is InChI=1S/C24H32N2O3S/c1-14-15(2)17(4)22(18(5)16(14)3)30(28,29)25-20-10-9-19-11-12-26(21(19)13-20)23(27)24(6,7)8/h9-10,13,25H,11-12H2,1-8H3. The fourth-order valence-corrected chi connectivity index (χ4v) is 5.79. The molecule has 2 aromatic rings. The summed E-state index contributed by atoms with van der Waals surface area (Å²) in [5.41, 5.74) is 6.48. The first-order valence-corrected chi connectivity index (χ1v) is 11.8. The molecule has 0 spiro atoms. The number of nitrogens with one attached hydrogen (secondary N) is 1. The summed E-state index contributed by atoms with van der Waals surface area (Å²) in [5, 5.41) is 0. The monoisotopic (exact) mass is 428 g/mol. The number of hydrogen-bond donors (Lipinski definition) is 1. The molecule has 0 fully saturated rings. The molecule has 0 unspecified atom stereocenters. The van der Waals surface area contributed by atoms with Crippen molar-refractivity contribution in [2.24, 2.45) is 5.41 Å². The summed E-state index contributed by atoms with van der Waals surface area (Å²) in [6.45, 7) is 16.0. The smallest absolute Gasteiger partial charge is 0.262 e. The number of nitrogens with zero attached hydrogens (tertiary/aromatic N) is 1. The lowest BCUT2D eigenvalue weighted by atomic mass is 9.94. The van der Waals surface area contributed by atoms with E-state index in [0.717, 1.165) is 45.5 Å². The van der Waals surface area contributed by atoms with Gasteiger partial charge in [-0.1, -0.05) is 26.8 Å². The van der Waals surface area contributed by atoms with Gasteiger partial charge in [0.25, 0.3) is 10.0 Å². The first-order chi connectivity index (χ1) is 13.8. The van der Waals surface area contributed by atoms with Crippen LogP contribution in [-0.2, 0) is 21.2 Å². The van der Waals surface area contributed by atoms with Crippen molar-refractivity contribution < 1.29 is 13.2 Å². The quantitative estimate of drug-likeness (QED) is 0.751. The molecule has 162 valence electrons. The predicted octanol–water partition coefficient (Wildman–Crippen LogP) is 4.96. The summed E-state index contributed by atoms with van der Waals surface area (Å²) in [6, 6.07) is 5.47. The van der Waals surface area contributed by atoms with Gasteiger partial charge in [-0.15, -0.1) is 0 Å². The van der Waals surface area contributed by atoms with Gasteiger partial charge in [0, 0.05) is 17.6 Å². The second-order valence-corrected chi connectivity index (χ2v) is 11.0. The summed E-state index contributed by atoms with van der Waals surface area (Å²) < 4.78 is 29.4. The lowest BCUT2D eigenvalue weighted by Gasteiger charge is -2.26. The third kappa shape index (κ3) is 3.73. The Balaban J connectivity index is 2.02. The van der Waals surface area contributed by atoms with Gasteiger partial charge in [-0.3, -0.25) is 9.52 Å². The van der Waals surface area contributed by atoms with Crippen LogP contribution in [-0.4, -0.2) is 20.9 Å². The zero-order valence-corrected chi connectivity index (χ0v) is 20.0. The van der Waals surface area contributed by atoms with Crippen molar-refractivity contribution >= 4 is 27.3 Å². The average Bonchev–Trinajstić information content (AvgIpc) is 3.06. The van der Waals surface area contributed by atoms with Crippen LogP contribution in [0.3, 0.4) is 0 Å². The Morgan fingerprint density at radius 3 is 2.00 bits per heavy atom. The first kappa shape index (κ1) is 22.3. The van der Waals surface area contributed by atoms with Crippen LogP contribution in [0.4, 0.5) is 11.4 Å². The molecular weight excluding hydrogens is 396 g/mol. The molecule has 1 aliphatic rings. The Morgan fingerprint density at radius 2 is 1.47 bits per heavy atom. The van der Waals surface area contributed by atoms with E-state index in [0.29, 0.717) is 17.1 Å². The van der Waals surface area contributed by atoms with Crippen molar-refractivity contribution in [2.75, 3.05) is 16.2 Å². The highest BCUT2D eigenvalue weighted by molar-refractivity contribution is 7.92.